The van der Waals surface area contributed by atoms with E-state index in [4.69, 9.17) is 0 Å². The van der Waals surface area contributed by atoms with Gasteiger partial charge in [0.15, 0.2) is 0 Å². The lowest BCUT2D eigenvalue weighted by molar-refractivity contribution is -0.132. The van der Waals surface area contributed by atoms with Gasteiger partial charge in [0.25, 0.3) is 11.8 Å². The van der Waals surface area contributed by atoms with Crippen molar-refractivity contribution in [3.05, 3.63) is 52.3 Å². The third-order valence-electron chi connectivity index (χ3n) is 10.3. The van der Waals surface area contributed by atoms with Gasteiger partial charge < -0.3 is 24.4 Å². The Balaban J connectivity index is 1.14. The van der Waals surface area contributed by atoms with Crippen LogP contribution in [0.15, 0.2) is 24.4 Å². The van der Waals surface area contributed by atoms with E-state index in [1.54, 1.807) is 15.7 Å². The number of fused-ring (bicyclic) bond motifs is 1. The first-order valence-corrected chi connectivity index (χ1v) is 16.0. The number of alkyl halides is 3. The fourth-order valence-electron chi connectivity index (χ4n) is 7.49. The molecule has 11 heteroatoms. The zero-order valence-corrected chi connectivity index (χ0v) is 25.8. The van der Waals surface area contributed by atoms with Gasteiger partial charge in [0.05, 0.1) is 24.6 Å². The van der Waals surface area contributed by atoms with E-state index in [2.05, 4.69) is 35.8 Å². The molecule has 3 fully saturated rings. The van der Waals surface area contributed by atoms with E-state index in [1.165, 1.54) is 16.0 Å². The van der Waals surface area contributed by atoms with Crippen LogP contribution in [0.5, 0.6) is 0 Å². The topological polar surface area (TPSA) is 72.3 Å². The average molecular weight is 616 g/mol. The highest BCUT2D eigenvalue weighted by Gasteiger charge is 2.41. The molecule has 0 radical (unpaired) electrons. The van der Waals surface area contributed by atoms with Gasteiger partial charge in [-0.3, -0.25) is 14.5 Å². The van der Waals surface area contributed by atoms with Crippen LogP contribution in [0.3, 0.4) is 0 Å². The van der Waals surface area contributed by atoms with Crippen molar-refractivity contribution < 1.29 is 27.9 Å². The molecule has 4 aliphatic rings. The maximum Gasteiger partial charge on any atom is 0.255 e. The van der Waals surface area contributed by atoms with E-state index in [9.17, 15) is 23.5 Å². The Hall–Kier alpha value is -3.05. The molecule has 0 saturated carbocycles. The lowest BCUT2D eigenvalue weighted by Crippen LogP contribution is -2.55. The SMILES string of the molecule is Cc1cccc(N2CCN(C(=O)Cn3cc(C(=O)N4CC[C@H](N5CCC(O)CC5)[C@H](F)C4)c4c3CC(F)(F)CC4)CC2)c1C. The molecule has 3 aliphatic heterocycles. The summed E-state index contributed by atoms with van der Waals surface area (Å²) in [6.07, 6.45) is 0.895. The molecule has 1 aliphatic carbocycles. The van der Waals surface area contributed by atoms with E-state index in [0.29, 0.717) is 81.9 Å². The van der Waals surface area contributed by atoms with Crippen molar-refractivity contribution in [3.8, 4) is 0 Å². The van der Waals surface area contributed by atoms with Crippen molar-refractivity contribution in [3.63, 3.8) is 0 Å². The fraction of sp³-hybridized carbons (Fsp3) is 0.636. The van der Waals surface area contributed by atoms with Crippen LogP contribution in [0.4, 0.5) is 18.9 Å². The summed E-state index contributed by atoms with van der Waals surface area (Å²) in [5, 5.41) is 9.81. The Kier molecular flexibility index (Phi) is 8.71. The predicted molar refractivity (Wildman–Crippen MR) is 162 cm³/mol. The summed E-state index contributed by atoms with van der Waals surface area (Å²) < 4.78 is 46.2. The number of hydrogen-bond acceptors (Lipinski definition) is 5. The van der Waals surface area contributed by atoms with Crippen molar-refractivity contribution in [2.45, 2.75) is 83.2 Å². The molecule has 6 rings (SSSR count). The highest BCUT2D eigenvalue weighted by atomic mass is 19.3. The Morgan fingerprint density at radius 3 is 2.41 bits per heavy atom. The molecule has 1 aromatic heterocycles. The van der Waals surface area contributed by atoms with Crippen LogP contribution in [-0.2, 0) is 24.2 Å². The monoisotopic (exact) mass is 615 g/mol. The first kappa shape index (κ1) is 31.0. The second kappa shape index (κ2) is 12.4. The zero-order valence-electron chi connectivity index (χ0n) is 25.8. The summed E-state index contributed by atoms with van der Waals surface area (Å²) in [7, 11) is 0. The second-order valence-electron chi connectivity index (χ2n) is 13.1. The Morgan fingerprint density at radius 2 is 1.70 bits per heavy atom. The van der Waals surface area contributed by atoms with Gasteiger partial charge in [-0.15, -0.1) is 0 Å². The van der Waals surface area contributed by atoms with Crippen LogP contribution < -0.4 is 4.90 Å². The van der Waals surface area contributed by atoms with Crippen LogP contribution in [0.1, 0.15) is 58.4 Å². The van der Waals surface area contributed by atoms with E-state index < -0.39 is 18.5 Å². The molecule has 2 aromatic rings. The maximum atomic E-state index is 15.4. The van der Waals surface area contributed by atoms with E-state index >= 15 is 4.39 Å². The van der Waals surface area contributed by atoms with Crippen LogP contribution in [0.2, 0.25) is 0 Å². The Morgan fingerprint density at radius 1 is 0.977 bits per heavy atom. The fourth-order valence-corrected chi connectivity index (χ4v) is 7.49. The first-order chi connectivity index (χ1) is 21.0. The first-order valence-electron chi connectivity index (χ1n) is 16.0. The predicted octanol–water partition coefficient (Wildman–Crippen LogP) is 3.59. The number of nitrogens with zero attached hydrogens (tertiary/aromatic N) is 5. The molecule has 2 amide bonds. The minimum Gasteiger partial charge on any atom is -0.393 e. The third-order valence-corrected chi connectivity index (χ3v) is 10.3. The minimum atomic E-state index is -2.91. The summed E-state index contributed by atoms with van der Waals surface area (Å²) in [4.78, 5) is 34.8. The summed E-state index contributed by atoms with van der Waals surface area (Å²) in [6, 6.07) is 5.92. The van der Waals surface area contributed by atoms with Gasteiger partial charge in [0.2, 0.25) is 5.91 Å². The summed E-state index contributed by atoms with van der Waals surface area (Å²) >= 11 is 0. The van der Waals surface area contributed by atoms with Crippen molar-refractivity contribution in [2.75, 3.05) is 57.3 Å². The average Bonchev–Trinajstić information content (AvgIpc) is 3.34. The number of halogens is 3. The van der Waals surface area contributed by atoms with Crippen molar-refractivity contribution in [1.82, 2.24) is 19.3 Å². The number of carbonyl (C=O) groups is 2. The van der Waals surface area contributed by atoms with E-state index in [-0.39, 0.29) is 49.9 Å². The number of amides is 2. The van der Waals surface area contributed by atoms with Crippen molar-refractivity contribution in [2.24, 2.45) is 0 Å². The van der Waals surface area contributed by atoms with Crippen molar-refractivity contribution in [1.29, 1.82) is 0 Å². The number of hydrogen-bond donors (Lipinski definition) is 1. The molecule has 0 unspecified atom stereocenters. The Bertz CT molecular complexity index is 1380. The number of aryl methyl sites for hydroxylation is 1. The molecular formula is C33H44F3N5O3. The van der Waals surface area contributed by atoms with Gasteiger partial charge in [-0.2, -0.15) is 0 Å². The largest absolute Gasteiger partial charge is 0.393 e. The molecular weight excluding hydrogens is 571 g/mol. The molecule has 3 saturated heterocycles. The molecule has 1 N–H and O–H groups in total. The highest BCUT2D eigenvalue weighted by Crippen LogP contribution is 2.37. The number of piperazine rings is 1. The molecule has 0 bridgehead atoms. The molecule has 8 nitrogen and oxygen atoms in total. The van der Waals surface area contributed by atoms with Crippen LogP contribution in [0, 0.1) is 13.8 Å². The van der Waals surface area contributed by atoms with Gasteiger partial charge in [0, 0.05) is 75.9 Å². The number of carbonyl (C=O) groups excluding carboxylic acids is 2. The molecule has 240 valence electrons. The number of aliphatic hydroxyl groups is 1. The standard InChI is InChI=1S/C33H44F3N5O3/c1-22-4-3-5-28(23(22)2)38-14-16-39(17-15-38)31(43)21-41-19-26(25-6-10-33(35,36)18-30(25)41)32(44)40-13-9-29(27(34)20-40)37-11-7-24(42)8-12-37/h3-5,19,24,27,29,42H,6-18,20-21H2,1-2H3/t27-,29+/m1/s1. The number of likely N-dealkylation sites (tertiary alicyclic amines) is 2. The van der Waals surface area contributed by atoms with Crippen LogP contribution in [-0.4, -0.2) is 113 Å². The van der Waals surface area contributed by atoms with Crippen LogP contribution >= 0.6 is 0 Å². The highest BCUT2D eigenvalue weighted by molar-refractivity contribution is 5.96. The number of piperidine rings is 2. The smallest absolute Gasteiger partial charge is 0.255 e. The number of aliphatic hydroxyl groups excluding tert-OH is 1. The molecule has 1 aromatic carbocycles. The zero-order chi connectivity index (χ0) is 31.2. The quantitative estimate of drug-likeness (QED) is 0.557. The van der Waals surface area contributed by atoms with Crippen molar-refractivity contribution >= 4 is 17.5 Å². The van der Waals surface area contributed by atoms with Gasteiger partial charge in [-0.25, -0.2) is 13.2 Å². The van der Waals surface area contributed by atoms with Gasteiger partial charge in [0.1, 0.15) is 12.7 Å². The molecule has 4 heterocycles. The summed E-state index contributed by atoms with van der Waals surface area (Å²) in [6.45, 7) is 8.09. The molecule has 0 spiro atoms. The lowest BCUT2D eigenvalue weighted by Gasteiger charge is -2.42. The summed E-state index contributed by atoms with van der Waals surface area (Å²) in [5.74, 6) is -3.42. The van der Waals surface area contributed by atoms with Gasteiger partial charge in [-0.1, -0.05) is 12.1 Å². The normalized spacial score (nSPS) is 24.8. The minimum absolute atomic E-state index is 0.0464. The lowest BCUT2D eigenvalue weighted by atomic mass is 9.91. The van der Waals surface area contributed by atoms with Gasteiger partial charge in [-0.05, 0) is 62.3 Å². The molecule has 44 heavy (non-hydrogen) atoms. The number of anilines is 1. The number of aromatic nitrogens is 1. The third kappa shape index (κ3) is 6.22. The molecule has 2 atom stereocenters. The van der Waals surface area contributed by atoms with Crippen LogP contribution in [0.25, 0.3) is 0 Å². The van der Waals surface area contributed by atoms with E-state index in [1.807, 2.05) is 6.07 Å². The van der Waals surface area contributed by atoms with Gasteiger partial charge >= 0.3 is 0 Å². The number of benzene rings is 1. The Labute approximate surface area is 257 Å². The second-order valence-corrected chi connectivity index (χ2v) is 13.1. The maximum absolute atomic E-state index is 15.4. The summed E-state index contributed by atoms with van der Waals surface area (Å²) in [5.41, 5.74) is 4.82. The number of rotatable bonds is 5. The van der Waals surface area contributed by atoms with E-state index in [0.717, 1.165) is 5.69 Å².